The molecule has 0 aromatic heterocycles. The smallest absolute Gasteiger partial charge is 0.249 e. The van der Waals surface area contributed by atoms with Crippen LogP contribution in [0.25, 0.3) is 11.4 Å². The molecule has 3 aliphatic heterocycles. The number of aryl methyl sites for hydroxylation is 4. The summed E-state index contributed by atoms with van der Waals surface area (Å²) >= 11 is 0. The average Bonchev–Trinajstić information content (AvgIpc) is 3.34. The molecule has 2 atom stereocenters. The van der Waals surface area contributed by atoms with Crippen LogP contribution in [0.15, 0.2) is 72.8 Å². The third-order valence-electron chi connectivity index (χ3n) is 9.02. The quantitative estimate of drug-likeness (QED) is 0.217. The molecule has 5 nitrogen and oxygen atoms in total. The molecule has 3 aliphatic rings. The van der Waals surface area contributed by atoms with Crippen LogP contribution in [0.4, 0.5) is 0 Å². The molecule has 0 amide bonds. The monoisotopic (exact) mass is 590 g/mol. The predicted octanol–water partition coefficient (Wildman–Crippen LogP) is 8.85. The topological polar surface area (TPSA) is 34.2 Å². The molecule has 0 saturated heterocycles. The third-order valence-corrected chi connectivity index (χ3v) is 11.0. The Morgan fingerprint density at radius 2 is 0.953 bits per heavy atom. The van der Waals surface area contributed by atoms with Crippen molar-refractivity contribution < 1.29 is 14.0 Å². The molecule has 0 fully saturated rings. The van der Waals surface area contributed by atoms with Gasteiger partial charge in [0.25, 0.3) is 0 Å². The van der Waals surface area contributed by atoms with E-state index in [1.807, 2.05) is 7.11 Å². The number of hydrogen-bond acceptors (Lipinski definition) is 5. The Labute approximate surface area is 256 Å². The molecule has 4 aromatic carbocycles. The second kappa shape index (κ2) is 10.7. The first-order chi connectivity index (χ1) is 20.8. The van der Waals surface area contributed by atoms with E-state index in [1.165, 1.54) is 67.0 Å². The molecule has 0 saturated carbocycles. The van der Waals surface area contributed by atoms with Gasteiger partial charge in [0.05, 0.1) is 37.7 Å². The molecule has 7 rings (SSSR count). The normalized spacial score (nSPS) is 19.1. The van der Waals surface area contributed by atoms with Crippen LogP contribution in [-0.2, 0) is 17.4 Å². The second-order valence-corrected chi connectivity index (χ2v) is 13.9. The summed E-state index contributed by atoms with van der Waals surface area (Å²) < 4.78 is 23.3. The van der Waals surface area contributed by atoms with Gasteiger partial charge in [0.1, 0.15) is 11.5 Å². The number of ether oxygens (including phenoxy) is 2. The highest BCUT2D eigenvalue weighted by Crippen LogP contribution is 2.70. The van der Waals surface area contributed by atoms with Crippen LogP contribution >= 0.6 is 8.45 Å². The second-order valence-electron chi connectivity index (χ2n) is 12.1. The van der Waals surface area contributed by atoms with E-state index in [2.05, 4.69) is 110 Å². The van der Waals surface area contributed by atoms with Crippen LogP contribution < -0.4 is 9.47 Å². The molecule has 0 radical (unpaired) electrons. The van der Waals surface area contributed by atoms with Gasteiger partial charge < -0.3 is 23.3 Å². The van der Waals surface area contributed by atoms with Crippen molar-refractivity contribution in [1.29, 1.82) is 0 Å². The Bertz CT molecular complexity index is 1610. The fraction of sp³-hybridized carbons (Fsp3) is 0.297. The van der Waals surface area contributed by atoms with Crippen molar-refractivity contribution in [3.63, 3.8) is 0 Å². The van der Waals surface area contributed by atoms with Crippen LogP contribution in [0.5, 0.6) is 11.5 Å². The average molecular weight is 591 g/mol. The van der Waals surface area contributed by atoms with Gasteiger partial charge in [0.15, 0.2) is 0 Å². The summed E-state index contributed by atoms with van der Waals surface area (Å²) in [6.45, 7) is 8.78. The lowest BCUT2D eigenvalue weighted by molar-refractivity contribution is 0.317. The van der Waals surface area contributed by atoms with Gasteiger partial charge in [0, 0.05) is 18.2 Å². The van der Waals surface area contributed by atoms with Gasteiger partial charge in [-0.2, -0.15) is 0 Å². The summed E-state index contributed by atoms with van der Waals surface area (Å²) in [6.07, 6.45) is 1.76. The van der Waals surface area contributed by atoms with Crippen molar-refractivity contribution in [3.8, 4) is 11.5 Å². The number of nitrogens with zero attached hydrogens (tertiary/aromatic N) is 2. The van der Waals surface area contributed by atoms with Gasteiger partial charge in [-0.1, -0.05) is 58.7 Å². The van der Waals surface area contributed by atoms with Crippen LogP contribution in [0.1, 0.15) is 67.7 Å². The summed E-state index contributed by atoms with van der Waals surface area (Å²) in [6, 6.07) is 27.3. The predicted molar refractivity (Wildman–Crippen MR) is 175 cm³/mol. The highest BCUT2D eigenvalue weighted by molar-refractivity contribution is 7.49. The lowest BCUT2D eigenvalue weighted by atomic mass is 9.84. The molecular weight excluding hydrogens is 551 g/mol. The van der Waals surface area contributed by atoms with Crippen LogP contribution in [0.3, 0.4) is 0 Å². The molecule has 220 valence electrons. The maximum Gasteiger partial charge on any atom is 0.249 e. The number of rotatable bonds is 5. The highest BCUT2D eigenvalue weighted by Gasteiger charge is 2.52. The van der Waals surface area contributed by atoms with Gasteiger partial charge in [0.2, 0.25) is 8.45 Å². The first-order valence-electron chi connectivity index (χ1n) is 15.0. The Morgan fingerprint density at radius 1 is 0.558 bits per heavy atom. The zero-order valence-electron chi connectivity index (χ0n) is 26.1. The van der Waals surface area contributed by atoms with Crippen LogP contribution in [-0.4, -0.2) is 30.7 Å². The molecule has 4 aromatic rings. The van der Waals surface area contributed by atoms with Gasteiger partial charge in [-0.25, -0.2) is 0 Å². The molecule has 0 bridgehead atoms. The zero-order chi connectivity index (χ0) is 30.0. The molecular formula is C37H39N2O3P. The Kier molecular flexibility index (Phi) is 6.99. The minimum absolute atomic E-state index is 0.124. The summed E-state index contributed by atoms with van der Waals surface area (Å²) in [5, 5.41) is 0. The van der Waals surface area contributed by atoms with E-state index in [4.69, 9.17) is 14.0 Å². The van der Waals surface area contributed by atoms with Gasteiger partial charge in [-0.05, 0) is 99.2 Å². The summed E-state index contributed by atoms with van der Waals surface area (Å²) in [7, 11) is 4.22. The standard InChI is InChI=1S/C37H39N2O3P/c1-22-12-23(2)15-28(14-22)34-20-26-18-30(40-5)8-10-32(26)36-37-33-11-9-31(41-6)19-27(33)21-35(39(37)43(42-7)38(34)36)29-16-24(3)13-25(4)17-29/h8-19,34-35H,20-21H2,1-7H3/t34-,35-/m1/s1. The first kappa shape index (κ1) is 28.0. The van der Waals surface area contributed by atoms with E-state index < -0.39 is 8.45 Å². The summed E-state index contributed by atoms with van der Waals surface area (Å²) in [5.41, 5.74) is 15.4. The Morgan fingerprint density at radius 3 is 1.30 bits per heavy atom. The molecule has 3 heterocycles. The number of methoxy groups -OCH3 is 2. The van der Waals surface area contributed by atoms with Crippen molar-refractivity contribution in [2.45, 2.75) is 52.6 Å². The maximum atomic E-state index is 6.62. The maximum absolute atomic E-state index is 6.62. The number of benzene rings is 4. The minimum atomic E-state index is -1.16. The summed E-state index contributed by atoms with van der Waals surface area (Å²) in [5.74, 6) is 1.78. The Hall–Kier alpha value is -3.79. The van der Waals surface area contributed by atoms with E-state index in [0.29, 0.717) is 0 Å². The molecule has 6 heteroatoms. The van der Waals surface area contributed by atoms with Crippen molar-refractivity contribution in [3.05, 3.63) is 128 Å². The molecule has 0 aliphatic carbocycles. The highest BCUT2D eigenvalue weighted by atomic mass is 31.2. The largest absolute Gasteiger partial charge is 0.497 e. The van der Waals surface area contributed by atoms with Gasteiger partial charge in [-0.3, -0.25) is 0 Å². The van der Waals surface area contributed by atoms with Gasteiger partial charge in [-0.15, -0.1) is 0 Å². The molecule has 0 spiro atoms. The van der Waals surface area contributed by atoms with E-state index in [0.717, 1.165) is 24.3 Å². The van der Waals surface area contributed by atoms with Crippen molar-refractivity contribution >= 4 is 19.8 Å². The SMILES string of the molecule is COc1ccc2c(c1)C[C@H](c1cc(C)cc(C)c1)N1C2=C2c3ccc(OC)cc3C[C@H](c3cc(C)cc(C)c3)N2P1OC. The van der Waals surface area contributed by atoms with Crippen molar-refractivity contribution in [1.82, 2.24) is 9.34 Å². The van der Waals surface area contributed by atoms with Crippen molar-refractivity contribution in [2.75, 3.05) is 21.3 Å². The van der Waals surface area contributed by atoms with Crippen LogP contribution in [0.2, 0.25) is 0 Å². The molecule has 0 N–H and O–H groups in total. The van der Waals surface area contributed by atoms with E-state index in [9.17, 15) is 0 Å². The third kappa shape index (κ3) is 4.61. The van der Waals surface area contributed by atoms with E-state index in [1.54, 1.807) is 14.2 Å². The lowest BCUT2D eigenvalue weighted by Crippen LogP contribution is -2.31. The lowest BCUT2D eigenvalue weighted by Gasteiger charge is -2.43. The zero-order valence-corrected chi connectivity index (χ0v) is 27.0. The minimum Gasteiger partial charge on any atom is -0.497 e. The van der Waals surface area contributed by atoms with Gasteiger partial charge >= 0.3 is 0 Å². The van der Waals surface area contributed by atoms with Crippen LogP contribution in [0, 0.1) is 27.7 Å². The number of fused-ring (bicyclic) bond motifs is 6. The van der Waals surface area contributed by atoms with E-state index >= 15 is 0 Å². The fourth-order valence-electron chi connectivity index (χ4n) is 7.43. The van der Waals surface area contributed by atoms with Crippen molar-refractivity contribution in [2.24, 2.45) is 0 Å². The molecule has 43 heavy (non-hydrogen) atoms. The first-order valence-corrected chi connectivity index (χ1v) is 16.1. The fourth-order valence-corrected chi connectivity index (χ4v) is 9.64. The molecule has 0 unspecified atom stereocenters. The Balaban J connectivity index is 1.54. The number of hydrogen-bond donors (Lipinski definition) is 0. The van der Waals surface area contributed by atoms with E-state index in [-0.39, 0.29) is 12.1 Å². The summed E-state index contributed by atoms with van der Waals surface area (Å²) in [4.78, 5) is 0.